The highest BCUT2D eigenvalue weighted by molar-refractivity contribution is 7.16. The van der Waals surface area contributed by atoms with Gasteiger partial charge in [0.05, 0.1) is 22.3 Å². The van der Waals surface area contributed by atoms with Crippen molar-refractivity contribution < 1.29 is 26.7 Å². The van der Waals surface area contributed by atoms with Gasteiger partial charge in [0.25, 0.3) is 5.19 Å². The van der Waals surface area contributed by atoms with Gasteiger partial charge >= 0.3 is 6.18 Å². The van der Waals surface area contributed by atoms with Gasteiger partial charge in [0.15, 0.2) is 5.69 Å². The Morgan fingerprint density at radius 1 is 1.20 bits per heavy atom. The fourth-order valence-electron chi connectivity index (χ4n) is 2.16. The van der Waals surface area contributed by atoms with E-state index in [-0.39, 0.29) is 28.6 Å². The van der Waals surface area contributed by atoms with Crippen LogP contribution in [0.25, 0.3) is 10.6 Å². The standard InChI is InChI=1S/C15H10F5N3OS/c1-7-12(22-23-13(7)15(18,19)20)11-5-21-14(25-11)24-6-8-9(16)3-2-4-10(8)17/h2-5H,6H2,1H3,(H,22,23). The second-order valence-corrected chi connectivity index (χ2v) is 6.04. The monoisotopic (exact) mass is 375 g/mol. The molecule has 0 radical (unpaired) electrons. The van der Waals surface area contributed by atoms with Crippen LogP contribution < -0.4 is 4.74 Å². The molecule has 10 heteroatoms. The van der Waals surface area contributed by atoms with Crippen molar-refractivity contribution in [2.75, 3.05) is 0 Å². The van der Waals surface area contributed by atoms with E-state index in [2.05, 4.69) is 15.2 Å². The van der Waals surface area contributed by atoms with Crippen LogP contribution in [0, 0.1) is 18.6 Å². The molecule has 3 rings (SSSR count). The number of ether oxygens (including phenoxy) is 1. The Bertz CT molecular complexity index is 883. The smallest absolute Gasteiger partial charge is 0.435 e. The van der Waals surface area contributed by atoms with E-state index in [1.54, 1.807) is 0 Å². The summed E-state index contributed by atoms with van der Waals surface area (Å²) in [5.41, 5.74) is -1.16. The number of aromatic amines is 1. The zero-order valence-electron chi connectivity index (χ0n) is 12.6. The number of rotatable bonds is 4. The first-order chi connectivity index (χ1) is 11.8. The molecule has 25 heavy (non-hydrogen) atoms. The lowest BCUT2D eigenvalue weighted by Crippen LogP contribution is -2.07. The maximum absolute atomic E-state index is 13.5. The van der Waals surface area contributed by atoms with E-state index in [0.717, 1.165) is 23.5 Å². The number of hydrogen-bond acceptors (Lipinski definition) is 4. The summed E-state index contributed by atoms with van der Waals surface area (Å²) < 4.78 is 70.6. The second-order valence-electron chi connectivity index (χ2n) is 5.05. The van der Waals surface area contributed by atoms with Gasteiger partial charge < -0.3 is 4.74 Å². The number of aromatic nitrogens is 3. The molecule has 0 atom stereocenters. The first-order valence-corrected chi connectivity index (χ1v) is 7.73. The highest BCUT2D eigenvalue weighted by atomic mass is 32.1. The van der Waals surface area contributed by atoms with Crippen molar-refractivity contribution in [3.63, 3.8) is 0 Å². The van der Waals surface area contributed by atoms with Crippen molar-refractivity contribution in [3.05, 3.63) is 52.9 Å². The summed E-state index contributed by atoms with van der Waals surface area (Å²) in [5.74, 6) is -1.51. The molecular formula is C15H10F5N3OS. The average molecular weight is 375 g/mol. The molecule has 0 saturated carbocycles. The van der Waals surface area contributed by atoms with Gasteiger partial charge in [0.1, 0.15) is 18.2 Å². The second kappa shape index (κ2) is 6.43. The number of thiazole rings is 1. The van der Waals surface area contributed by atoms with E-state index in [4.69, 9.17) is 4.74 Å². The SMILES string of the molecule is Cc1c(C(F)(F)F)n[nH]c1-c1cnc(OCc2c(F)cccc2F)s1. The summed E-state index contributed by atoms with van der Waals surface area (Å²) in [7, 11) is 0. The molecule has 0 saturated heterocycles. The summed E-state index contributed by atoms with van der Waals surface area (Å²) in [6, 6.07) is 3.43. The fraction of sp³-hybridized carbons (Fsp3) is 0.200. The summed E-state index contributed by atoms with van der Waals surface area (Å²) in [4.78, 5) is 4.27. The van der Waals surface area contributed by atoms with Crippen LogP contribution in [-0.4, -0.2) is 15.2 Å². The van der Waals surface area contributed by atoms with Gasteiger partial charge in [-0.3, -0.25) is 5.10 Å². The molecule has 0 fully saturated rings. The molecule has 0 aliphatic heterocycles. The summed E-state index contributed by atoms with van der Waals surface area (Å²) >= 11 is 0.938. The van der Waals surface area contributed by atoms with E-state index in [1.807, 2.05) is 0 Å². The minimum Gasteiger partial charge on any atom is -0.465 e. The summed E-state index contributed by atoms with van der Waals surface area (Å²) in [6.07, 6.45) is -3.26. The van der Waals surface area contributed by atoms with Crippen molar-refractivity contribution in [2.24, 2.45) is 0 Å². The van der Waals surface area contributed by atoms with E-state index in [0.29, 0.717) is 4.88 Å². The van der Waals surface area contributed by atoms with Crippen LogP contribution in [0.1, 0.15) is 16.8 Å². The quantitative estimate of drug-likeness (QED) is 0.672. The van der Waals surface area contributed by atoms with Gasteiger partial charge in [-0.15, -0.1) is 0 Å². The largest absolute Gasteiger partial charge is 0.465 e. The number of nitrogens with zero attached hydrogens (tertiary/aromatic N) is 2. The first kappa shape index (κ1) is 17.3. The fourth-order valence-corrected chi connectivity index (χ4v) is 2.98. The van der Waals surface area contributed by atoms with Crippen molar-refractivity contribution >= 4 is 11.3 Å². The molecule has 1 aromatic carbocycles. The van der Waals surface area contributed by atoms with E-state index >= 15 is 0 Å². The molecular weight excluding hydrogens is 365 g/mol. The van der Waals surface area contributed by atoms with Crippen LogP contribution >= 0.6 is 11.3 Å². The van der Waals surface area contributed by atoms with Gasteiger partial charge in [0, 0.05) is 5.56 Å². The molecule has 0 aliphatic carbocycles. The summed E-state index contributed by atoms with van der Waals surface area (Å²) in [6.45, 7) is 0.901. The van der Waals surface area contributed by atoms with Crippen LogP contribution in [0.2, 0.25) is 0 Å². The van der Waals surface area contributed by atoms with Crippen molar-refractivity contribution in [2.45, 2.75) is 19.7 Å². The minimum atomic E-state index is -4.56. The molecule has 0 spiro atoms. The molecule has 3 aromatic rings. The number of H-pyrrole nitrogens is 1. The maximum Gasteiger partial charge on any atom is 0.435 e. The molecule has 1 N–H and O–H groups in total. The van der Waals surface area contributed by atoms with Gasteiger partial charge in [0.2, 0.25) is 0 Å². The van der Waals surface area contributed by atoms with Gasteiger partial charge in [-0.1, -0.05) is 17.4 Å². The number of alkyl halides is 3. The van der Waals surface area contributed by atoms with Crippen molar-refractivity contribution in [3.8, 4) is 15.8 Å². The number of halogens is 5. The van der Waals surface area contributed by atoms with E-state index in [1.165, 1.54) is 19.2 Å². The number of benzene rings is 1. The average Bonchev–Trinajstić information content (AvgIpc) is 3.12. The highest BCUT2D eigenvalue weighted by Crippen LogP contribution is 2.37. The number of hydrogen-bond donors (Lipinski definition) is 1. The normalized spacial score (nSPS) is 11.8. The molecule has 2 heterocycles. The molecule has 0 amide bonds. The molecule has 132 valence electrons. The van der Waals surface area contributed by atoms with Gasteiger partial charge in [-0.05, 0) is 19.1 Å². The maximum atomic E-state index is 13.5. The molecule has 0 aliphatic rings. The topological polar surface area (TPSA) is 50.8 Å². The predicted molar refractivity (Wildman–Crippen MR) is 80.1 cm³/mol. The Balaban J connectivity index is 1.79. The van der Waals surface area contributed by atoms with Crippen LogP contribution in [-0.2, 0) is 12.8 Å². The van der Waals surface area contributed by atoms with Crippen LogP contribution in [0.4, 0.5) is 22.0 Å². The third kappa shape index (κ3) is 3.48. The Labute approximate surface area is 142 Å². The Morgan fingerprint density at radius 2 is 1.88 bits per heavy atom. The van der Waals surface area contributed by atoms with Crippen LogP contribution in [0.15, 0.2) is 24.4 Å². The van der Waals surface area contributed by atoms with Gasteiger partial charge in [-0.2, -0.15) is 18.3 Å². The van der Waals surface area contributed by atoms with Crippen LogP contribution in [0.3, 0.4) is 0 Å². The molecule has 4 nitrogen and oxygen atoms in total. The molecule has 0 unspecified atom stereocenters. The van der Waals surface area contributed by atoms with E-state index in [9.17, 15) is 22.0 Å². The van der Waals surface area contributed by atoms with Crippen LogP contribution in [0.5, 0.6) is 5.19 Å². The number of nitrogens with one attached hydrogen (secondary N) is 1. The lowest BCUT2D eigenvalue weighted by Gasteiger charge is -2.05. The predicted octanol–water partition coefficient (Wildman–Crippen LogP) is 4.72. The Hall–Kier alpha value is -2.49. The van der Waals surface area contributed by atoms with E-state index < -0.39 is 23.5 Å². The minimum absolute atomic E-state index is 0.0668. The molecule has 0 bridgehead atoms. The third-order valence-electron chi connectivity index (χ3n) is 3.41. The lowest BCUT2D eigenvalue weighted by molar-refractivity contribution is -0.141. The summed E-state index contributed by atoms with van der Waals surface area (Å²) in [5, 5.41) is 5.68. The third-order valence-corrected chi connectivity index (χ3v) is 4.34. The Morgan fingerprint density at radius 3 is 2.48 bits per heavy atom. The van der Waals surface area contributed by atoms with Crippen molar-refractivity contribution in [1.29, 1.82) is 0 Å². The zero-order valence-corrected chi connectivity index (χ0v) is 13.4. The molecule has 2 aromatic heterocycles. The van der Waals surface area contributed by atoms with Crippen molar-refractivity contribution in [1.82, 2.24) is 15.2 Å². The highest BCUT2D eigenvalue weighted by Gasteiger charge is 2.37. The van der Waals surface area contributed by atoms with Gasteiger partial charge in [-0.25, -0.2) is 13.8 Å². The zero-order chi connectivity index (χ0) is 18.2. The Kier molecular flexibility index (Phi) is 4.46. The first-order valence-electron chi connectivity index (χ1n) is 6.91. The lowest BCUT2D eigenvalue weighted by atomic mass is 10.2.